The Bertz CT molecular complexity index is 1090. The maximum atomic E-state index is 13.4. The summed E-state index contributed by atoms with van der Waals surface area (Å²) >= 11 is 0. The number of fused-ring (bicyclic) bond motifs is 1. The van der Waals surface area contributed by atoms with E-state index in [0.29, 0.717) is 12.0 Å². The van der Waals surface area contributed by atoms with Crippen molar-refractivity contribution in [1.29, 1.82) is 0 Å². The molecule has 1 unspecified atom stereocenters. The van der Waals surface area contributed by atoms with Crippen molar-refractivity contribution in [2.45, 2.75) is 39.2 Å². The number of hydrogen-bond donors (Lipinski definition) is 2. The first-order chi connectivity index (χ1) is 14.6. The molecule has 3 aromatic rings. The Morgan fingerprint density at radius 3 is 2.73 bits per heavy atom. The predicted octanol–water partition coefficient (Wildman–Crippen LogP) is 4.58. The molecule has 2 heterocycles. The molecule has 1 atom stereocenters. The number of amides is 1. The SMILES string of the molecule is CCC1=Cc2c(cnn2-c2ccc(F)cc2)C(C(=O)NC(CC)c2cnc[nH]2)=CC1. The molecule has 2 aromatic heterocycles. The van der Waals surface area contributed by atoms with E-state index < -0.39 is 0 Å². The number of nitrogens with one attached hydrogen (secondary N) is 2. The minimum Gasteiger partial charge on any atom is -0.347 e. The van der Waals surface area contributed by atoms with Crippen LogP contribution in [-0.2, 0) is 4.79 Å². The fourth-order valence-corrected chi connectivity index (χ4v) is 3.64. The number of halogens is 1. The summed E-state index contributed by atoms with van der Waals surface area (Å²) in [5, 5.41) is 7.61. The molecule has 154 valence electrons. The lowest BCUT2D eigenvalue weighted by Crippen LogP contribution is -2.29. The highest BCUT2D eigenvalue weighted by Crippen LogP contribution is 2.31. The van der Waals surface area contributed by atoms with Crippen molar-refractivity contribution in [3.05, 3.63) is 77.4 Å². The third kappa shape index (κ3) is 3.83. The molecule has 1 aliphatic rings. The van der Waals surface area contributed by atoms with Crippen LogP contribution in [0.1, 0.15) is 56.1 Å². The maximum absolute atomic E-state index is 13.4. The monoisotopic (exact) mass is 405 g/mol. The van der Waals surface area contributed by atoms with Gasteiger partial charge in [0, 0.05) is 11.1 Å². The number of nitrogens with zero attached hydrogens (tertiary/aromatic N) is 3. The Balaban J connectivity index is 1.71. The number of rotatable bonds is 6. The van der Waals surface area contributed by atoms with Crippen molar-refractivity contribution < 1.29 is 9.18 Å². The van der Waals surface area contributed by atoms with E-state index in [0.717, 1.165) is 35.5 Å². The largest absolute Gasteiger partial charge is 0.347 e. The number of benzene rings is 1. The van der Waals surface area contributed by atoms with E-state index in [4.69, 9.17) is 0 Å². The van der Waals surface area contributed by atoms with Gasteiger partial charge in [0.2, 0.25) is 0 Å². The topological polar surface area (TPSA) is 75.6 Å². The molecular weight excluding hydrogens is 381 g/mol. The van der Waals surface area contributed by atoms with Crippen LogP contribution in [0.2, 0.25) is 0 Å². The molecule has 7 heteroatoms. The van der Waals surface area contributed by atoms with E-state index in [2.05, 4.69) is 33.4 Å². The third-order valence-corrected chi connectivity index (χ3v) is 5.38. The summed E-state index contributed by atoms with van der Waals surface area (Å²) in [7, 11) is 0. The van der Waals surface area contributed by atoms with Gasteiger partial charge in [0.1, 0.15) is 5.82 Å². The van der Waals surface area contributed by atoms with Crippen LogP contribution in [0.5, 0.6) is 0 Å². The number of H-pyrrole nitrogens is 1. The van der Waals surface area contributed by atoms with E-state index in [9.17, 15) is 9.18 Å². The van der Waals surface area contributed by atoms with Gasteiger partial charge in [-0.1, -0.05) is 25.5 Å². The number of allylic oxidation sites excluding steroid dienone is 2. The fourth-order valence-electron chi connectivity index (χ4n) is 3.64. The molecule has 0 radical (unpaired) electrons. The third-order valence-electron chi connectivity index (χ3n) is 5.38. The average molecular weight is 405 g/mol. The Kier molecular flexibility index (Phi) is 5.61. The summed E-state index contributed by atoms with van der Waals surface area (Å²) in [5.74, 6) is -0.451. The van der Waals surface area contributed by atoms with E-state index in [-0.39, 0.29) is 17.8 Å². The second kappa shape index (κ2) is 8.49. The van der Waals surface area contributed by atoms with Gasteiger partial charge >= 0.3 is 0 Å². The smallest absolute Gasteiger partial charge is 0.252 e. The summed E-state index contributed by atoms with van der Waals surface area (Å²) in [6.07, 6.45) is 11.4. The van der Waals surface area contributed by atoms with Gasteiger partial charge in [-0.15, -0.1) is 0 Å². The van der Waals surface area contributed by atoms with Gasteiger partial charge in [0.25, 0.3) is 5.91 Å². The Labute approximate surface area is 174 Å². The number of aromatic nitrogens is 4. The Morgan fingerprint density at radius 2 is 2.07 bits per heavy atom. The van der Waals surface area contributed by atoms with Crippen LogP contribution in [0.25, 0.3) is 17.3 Å². The van der Waals surface area contributed by atoms with Gasteiger partial charge in [0.05, 0.1) is 41.8 Å². The highest BCUT2D eigenvalue weighted by Gasteiger charge is 2.24. The molecule has 2 N–H and O–H groups in total. The lowest BCUT2D eigenvalue weighted by atomic mass is 10.0. The van der Waals surface area contributed by atoms with Crippen LogP contribution in [0, 0.1) is 5.82 Å². The molecule has 6 nitrogen and oxygen atoms in total. The first-order valence-corrected chi connectivity index (χ1v) is 10.1. The molecule has 1 aliphatic carbocycles. The molecule has 0 saturated carbocycles. The Morgan fingerprint density at radius 1 is 1.27 bits per heavy atom. The minimum atomic E-state index is -0.300. The second-order valence-electron chi connectivity index (χ2n) is 7.25. The molecule has 0 spiro atoms. The van der Waals surface area contributed by atoms with Crippen molar-refractivity contribution in [3.63, 3.8) is 0 Å². The fraction of sp³-hybridized carbons (Fsp3) is 0.261. The molecule has 0 aliphatic heterocycles. The molecule has 1 amide bonds. The summed E-state index contributed by atoms with van der Waals surface area (Å²) in [6.45, 7) is 4.11. The quantitative estimate of drug-likeness (QED) is 0.630. The van der Waals surface area contributed by atoms with Gasteiger partial charge in [-0.05, 0) is 49.6 Å². The van der Waals surface area contributed by atoms with Crippen molar-refractivity contribution in [1.82, 2.24) is 25.1 Å². The Hall–Kier alpha value is -3.48. The molecule has 4 rings (SSSR count). The molecule has 30 heavy (non-hydrogen) atoms. The van der Waals surface area contributed by atoms with Gasteiger partial charge in [-0.25, -0.2) is 14.1 Å². The number of imidazole rings is 1. The lowest BCUT2D eigenvalue weighted by Gasteiger charge is -2.16. The van der Waals surface area contributed by atoms with Crippen LogP contribution in [0.3, 0.4) is 0 Å². The maximum Gasteiger partial charge on any atom is 0.252 e. The van der Waals surface area contributed by atoms with Gasteiger partial charge < -0.3 is 10.3 Å². The highest BCUT2D eigenvalue weighted by molar-refractivity contribution is 6.20. The van der Waals surface area contributed by atoms with Crippen LogP contribution < -0.4 is 5.32 Å². The summed E-state index contributed by atoms with van der Waals surface area (Å²) in [4.78, 5) is 20.4. The second-order valence-corrected chi connectivity index (χ2v) is 7.25. The average Bonchev–Trinajstić information content (AvgIpc) is 3.39. The summed E-state index contributed by atoms with van der Waals surface area (Å²) < 4.78 is 15.1. The molecule has 0 saturated heterocycles. The van der Waals surface area contributed by atoms with Crippen LogP contribution in [0.4, 0.5) is 4.39 Å². The van der Waals surface area contributed by atoms with Crippen molar-refractivity contribution in [2.24, 2.45) is 0 Å². The van der Waals surface area contributed by atoms with Crippen molar-refractivity contribution >= 4 is 17.6 Å². The predicted molar refractivity (Wildman–Crippen MR) is 114 cm³/mol. The normalized spacial score (nSPS) is 14.4. The van der Waals surface area contributed by atoms with E-state index >= 15 is 0 Å². The van der Waals surface area contributed by atoms with Gasteiger partial charge in [-0.2, -0.15) is 5.10 Å². The van der Waals surface area contributed by atoms with Crippen LogP contribution >= 0.6 is 0 Å². The number of carbonyl (C=O) groups is 1. The summed E-state index contributed by atoms with van der Waals surface area (Å²) in [5.41, 5.74) is 5.00. The zero-order valence-corrected chi connectivity index (χ0v) is 17.0. The first kappa shape index (κ1) is 19.8. The first-order valence-electron chi connectivity index (χ1n) is 10.1. The minimum absolute atomic E-state index is 0.151. The van der Waals surface area contributed by atoms with E-state index in [1.54, 1.807) is 35.5 Å². The van der Waals surface area contributed by atoms with Crippen molar-refractivity contribution in [3.8, 4) is 5.69 Å². The van der Waals surface area contributed by atoms with Gasteiger partial charge in [0.15, 0.2) is 0 Å². The standard InChI is InChI=1S/C23H24FN5O/c1-3-15-5-10-18(23(30)28-20(4-2)21-13-25-14-26-21)19-12-27-29(22(19)11-15)17-8-6-16(24)7-9-17/h6-14,20H,3-5H2,1-2H3,(H,25,26)(H,28,30). The number of carbonyl (C=O) groups excluding carboxylic acids is 1. The van der Waals surface area contributed by atoms with Crippen LogP contribution in [0.15, 0.2) is 54.6 Å². The number of aromatic amines is 1. The van der Waals surface area contributed by atoms with Gasteiger partial charge in [-0.3, -0.25) is 4.79 Å². The molecule has 1 aromatic carbocycles. The molecule has 0 bridgehead atoms. The van der Waals surface area contributed by atoms with E-state index in [1.807, 2.05) is 13.0 Å². The van der Waals surface area contributed by atoms with Crippen molar-refractivity contribution in [2.75, 3.05) is 0 Å². The molecular formula is C23H24FN5O. The van der Waals surface area contributed by atoms with Crippen LogP contribution in [-0.4, -0.2) is 25.7 Å². The zero-order chi connectivity index (χ0) is 21.1. The number of hydrogen-bond acceptors (Lipinski definition) is 3. The lowest BCUT2D eigenvalue weighted by molar-refractivity contribution is -0.116. The van der Waals surface area contributed by atoms with E-state index in [1.165, 1.54) is 17.7 Å². The highest BCUT2D eigenvalue weighted by atomic mass is 19.1. The molecule has 0 fully saturated rings. The summed E-state index contributed by atoms with van der Waals surface area (Å²) in [6, 6.07) is 6.02. The zero-order valence-electron chi connectivity index (χ0n) is 17.0.